The summed E-state index contributed by atoms with van der Waals surface area (Å²) in [6.45, 7) is 1.32. The van der Waals surface area contributed by atoms with E-state index in [1.807, 2.05) is 0 Å². The van der Waals surface area contributed by atoms with Crippen molar-refractivity contribution in [2.75, 3.05) is 23.8 Å². The molecule has 3 amide bonds. The molecule has 0 aliphatic heterocycles. The van der Waals surface area contributed by atoms with Gasteiger partial charge in [-0.15, -0.1) is 11.3 Å². The third-order valence-corrected chi connectivity index (χ3v) is 6.27. The number of nitrogens with one attached hydrogen (secondary N) is 1. The minimum Gasteiger partial charge on any atom is -0.465 e. The number of carbonyl (C=O) groups excluding carboxylic acids is 4. The van der Waals surface area contributed by atoms with E-state index in [4.69, 9.17) is 16.2 Å². The third kappa shape index (κ3) is 5.38. The summed E-state index contributed by atoms with van der Waals surface area (Å²) in [5.41, 5.74) is 10.7. The first kappa shape index (κ1) is 24.8. The molecule has 5 N–H and O–H groups in total. The number of nitrogen functional groups attached to an aromatic ring is 1. The van der Waals surface area contributed by atoms with Gasteiger partial charge in [0.15, 0.2) is 11.7 Å². The lowest BCUT2D eigenvalue weighted by molar-refractivity contribution is -0.143. The van der Waals surface area contributed by atoms with Gasteiger partial charge in [0, 0.05) is 10.6 Å². The van der Waals surface area contributed by atoms with Crippen molar-refractivity contribution in [2.45, 2.75) is 13.0 Å². The van der Waals surface area contributed by atoms with E-state index in [-0.39, 0.29) is 28.6 Å². The highest BCUT2D eigenvalue weighted by Gasteiger charge is 2.36. The quantitative estimate of drug-likeness (QED) is 0.376. The number of esters is 1. The largest absolute Gasteiger partial charge is 0.465 e. The molecular weight excluding hydrogens is 485 g/mol. The van der Waals surface area contributed by atoms with E-state index in [1.54, 1.807) is 24.4 Å². The molecule has 0 saturated heterocycles. The number of nitrogens with zero attached hydrogens (tertiary/aromatic N) is 2. The van der Waals surface area contributed by atoms with E-state index in [2.05, 4.69) is 9.69 Å². The van der Waals surface area contributed by atoms with Gasteiger partial charge in [0.25, 0.3) is 11.8 Å². The number of thiophene rings is 1. The van der Waals surface area contributed by atoms with Crippen molar-refractivity contribution >= 4 is 57.9 Å². The Labute approximate surface area is 201 Å². The fraction of sp³-hybridized carbons (Fsp3) is 0.190. The van der Waals surface area contributed by atoms with Crippen molar-refractivity contribution in [3.05, 3.63) is 63.0 Å². The molecule has 1 unspecified atom stereocenters. The highest BCUT2D eigenvalue weighted by Crippen LogP contribution is 2.34. The van der Waals surface area contributed by atoms with Gasteiger partial charge in [-0.3, -0.25) is 24.1 Å². The molecule has 10 nitrogen and oxygen atoms in total. The van der Waals surface area contributed by atoms with Crippen molar-refractivity contribution in [3.8, 4) is 0 Å². The van der Waals surface area contributed by atoms with Gasteiger partial charge in [0.05, 0.1) is 12.3 Å². The second-order valence-electron chi connectivity index (χ2n) is 6.73. The molecule has 0 aliphatic rings. The number of aromatic nitrogens is 1. The average molecular weight is 506 g/mol. The minimum absolute atomic E-state index is 0.0445. The second kappa shape index (κ2) is 10.9. The molecule has 0 aliphatic carbocycles. The second-order valence-corrected chi connectivity index (χ2v) is 8.49. The molecule has 3 aromatic rings. The molecule has 0 radical (unpaired) electrons. The van der Waals surface area contributed by atoms with Crippen molar-refractivity contribution in [2.24, 2.45) is 5.73 Å². The highest BCUT2D eigenvalue weighted by atomic mass is 32.1. The number of nitrogens with two attached hydrogens (primary N) is 2. The van der Waals surface area contributed by atoms with E-state index in [1.165, 1.54) is 29.5 Å². The average Bonchev–Trinajstić information content (AvgIpc) is 3.45. The first-order chi connectivity index (χ1) is 16.2. The fourth-order valence-corrected chi connectivity index (χ4v) is 4.59. The number of halogens is 1. The summed E-state index contributed by atoms with van der Waals surface area (Å²) in [7, 11) is 0. The number of primary amides is 1. The predicted octanol–water partition coefficient (Wildman–Crippen LogP) is 2.09. The molecule has 0 spiro atoms. The van der Waals surface area contributed by atoms with Gasteiger partial charge >= 0.3 is 5.97 Å². The number of hydrogen-bond acceptors (Lipinski definition) is 9. The molecule has 0 bridgehead atoms. The summed E-state index contributed by atoms with van der Waals surface area (Å²) < 4.78 is 22.8. The van der Waals surface area contributed by atoms with E-state index < -0.39 is 42.1 Å². The zero-order valence-electron chi connectivity index (χ0n) is 17.8. The number of rotatable bonds is 9. The van der Waals surface area contributed by atoms with Gasteiger partial charge in [-0.05, 0) is 48.1 Å². The topological polar surface area (TPSA) is 158 Å². The lowest BCUT2D eigenvalue weighted by atomic mass is 10.1. The Morgan fingerprint density at radius 1 is 1.24 bits per heavy atom. The van der Waals surface area contributed by atoms with Crippen LogP contribution < -0.4 is 21.7 Å². The first-order valence-electron chi connectivity index (χ1n) is 9.85. The number of amides is 3. The van der Waals surface area contributed by atoms with Gasteiger partial charge in [0.2, 0.25) is 5.91 Å². The van der Waals surface area contributed by atoms with E-state index in [9.17, 15) is 23.6 Å². The van der Waals surface area contributed by atoms with Crippen molar-refractivity contribution in [1.82, 2.24) is 9.69 Å². The van der Waals surface area contributed by atoms with Crippen LogP contribution in [0, 0.1) is 5.82 Å². The lowest BCUT2D eigenvalue weighted by Gasteiger charge is -2.30. The normalized spacial score (nSPS) is 11.5. The first-order valence-corrected chi connectivity index (χ1v) is 11.5. The Hall–Kier alpha value is -3.84. The smallest absolute Gasteiger partial charge is 0.325 e. The molecule has 3 rings (SSSR count). The van der Waals surface area contributed by atoms with Crippen LogP contribution in [0.5, 0.6) is 0 Å². The Morgan fingerprint density at radius 2 is 2.00 bits per heavy atom. The minimum atomic E-state index is -1.30. The third-order valence-electron chi connectivity index (χ3n) is 4.49. The molecule has 34 heavy (non-hydrogen) atoms. The highest BCUT2D eigenvalue weighted by molar-refractivity contribution is 7.10. The van der Waals surface area contributed by atoms with Crippen LogP contribution >= 0.6 is 22.9 Å². The van der Waals surface area contributed by atoms with E-state index in [0.29, 0.717) is 16.4 Å². The maximum Gasteiger partial charge on any atom is 0.325 e. The van der Waals surface area contributed by atoms with Crippen LogP contribution in [0.25, 0.3) is 0 Å². The Kier molecular flexibility index (Phi) is 7.91. The molecule has 0 saturated carbocycles. The summed E-state index contributed by atoms with van der Waals surface area (Å²) in [6.07, 6.45) is 0. The summed E-state index contributed by atoms with van der Waals surface area (Å²) >= 11 is 1.80. The van der Waals surface area contributed by atoms with Crippen molar-refractivity contribution in [3.63, 3.8) is 0 Å². The molecule has 0 fully saturated rings. The van der Waals surface area contributed by atoms with Crippen LogP contribution in [-0.4, -0.2) is 41.2 Å². The summed E-state index contributed by atoms with van der Waals surface area (Å²) in [6, 6.07) is 7.05. The molecular formula is C21H20FN5O5S2. The zero-order valence-corrected chi connectivity index (χ0v) is 19.5. The predicted molar refractivity (Wildman–Crippen MR) is 125 cm³/mol. The summed E-state index contributed by atoms with van der Waals surface area (Å²) in [5.74, 6) is -3.76. The Balaban J connectivity index is 2.10. The molecule has 2 heterocycles. The van der Waals surface area contributed by atoms with Crippen molar-refractivity contribution in [1.29, 1.82) is 0 Å². The number of ether oxygens (including phenoxy) is 1. The van der Waals surface area contributed by atoms with Crippen molar-refractivity contribution < 1.29 is 28.3 Å². The maximum atomic E-state index is 14.1. The van der Waals surface area contributed by atoms with Gasteiger partial charge < -0.3 is 21.5 Å². The van der Waals surface area contributed by atoms with Crippen LogP contribution in [0.3, 0.4) is 0 Å². The summed E-state index contributed by atoms with van der Waals surface area (Å²) in [4.78, 5) is 51.6. The Bertz CT molecular complexity index is 1210. The van der Waals surface area contributed by atoms with Gasteiger partial charge in [-0.1, -0.05) is 12.1 Å². The van der Waals surface area contributed by atoms with Gasteiger partial charge in [0.1, 0.15) is 17.2 Å². The van der Waals surface area contributed by atoms with E-state index >= 15 is 0 Å². The monoisotopic (exact) mass is 505 g/mol. The van der Waals surface area contributed by atoms with Crippen LogP contribution in [0.1, 0.15) is 38.0 Å². The van der Waals surface area contributed by atoms with E-state index in [0.717, 1.165) is 11.0 Å². The number of benzene rings is 1. The zero-order chi connectivity index (χ0) is 24.8. The molecule has 178 valence electrons. The summed E-state index contributed by atoms with van der Waals surface area (Å²) in [5, 5.41) is 4.15. The van der Waals surface area contributed by atoms with Gasteiger partial charge in [-0.2, -0.15) is 4.37 Å². The number of carbonyl (C=O) groups is 4. The van der Waals surface area contributed by atoms with Crippen LogP contribution in [-0.2, 0) is 14.3 Å². The SMILES string of the molecule is CCOC(=O)CNC(=O)C(c1cccs1)N(C(=O)c1snc(C(N)=O)c1N)c1cccc(F)c1. The lowest BCUT2D eigenvalue weighted by Crippen LogP contribution is -2.45. The molecule has 1 aromatic carbocycles. The van der Waals surface area contributed by atoms with Crippen LogP contribution in [0.2, 0.25) is 0 Å². The fourth-order valence-electron chi connectivity index (χ4n) is 3.04. The molecule has 13 heteroatoms. The van der Waals surface area contributed by atoms with Crippen LogP contribution in [0.4, 0.5) is 15.8 Å². The van der Waals surface area contributed by atoms with Gasteiger partial charge in [-0.25, -0.2) is 4.39 Å². The van der Waals surface area contributed by atoms with Crippen LogP contribution in [0.15, 0.2) is 41.8 Å². The standard InChI is InChI=1S/C21H20FN5O5S2/c1-2-32-14(28)10-25-20(30)17(13-7-4-8-33-13)27(12-6-3-5-11(22)9-12)21(31)18-15(23)16(19(24)29)26-34-18/h3-9,17H,2,10,23H2,1H3,(H2,24,29)(H,25,30). The number of anilines is 2. The number of hydrogen-bond donors (Lipinski definition) is 3. The Morgan fingerprint density at radius 3 is 2.59 bits per heavy atom. The molecule has 1 atom stereocenters. The molecule has 2 aromatic heterocycles. The maximum absolute atomic E-state index is 14.1.